The van der Waals surface area contributed by atoms with Gasteiger partial charge in [-0.3, -0.25) is 0 Å². The summed E-state index contributed by atoms with van der Waals surface area (Å²) < 4.78 is 18.9. The Hall–Kier alpha value is -0.930. The van der Waals surface area contributed by atoms with Gasteiger partial charge in [-0.25, -0.2) is 4.39 Å². The van der Waals surface area contributed by atoms with Crippen LogP contribution in [0.5, 0.6) is 0 Å². The molecule has 1 aliphatic carbocycles. The van der Waals surface area contributed by atoms with Gasteiger partial charge in [-0.2, -0.15) is 0 Å². The summed E-state index contributed by atoms with van der Waals surface area (Å²) in [6.45, 7) is 4.11. The van der Waals surface area contributed by atoms with Crippen LogP contribution in [0.4, 0.5) is 4.39 Å². The van der Waals surface area contributed by atoms with Gasteiger partial charge < -0.3 is 10.1 Å². The molecule has 3 rings (SSSR count). The first-order chi connectivity index (χ1) is 9.28. The highest BCUT2D eigenvalue weighted by Crippen LogP contribution is 2.32. The minimum atomic E-state index is -0.116. The molecule has 104 valence electrons. The first-order valence-corrected chi connectivity index (χ1v) is 7.41. The van der Waals surface area contributed by atoms with E-state index >= 15 is 0 Å². The number of hydrogen-bond acceptors (Lipinski definition) is 2. The van der Waals surface area contributed by atoms with E-state index in [1.807, 2.05) is 6.07 Å². The Morgan fingerprint density at radius 1 is 1.37 bits per heavy atom. The van der Waals surface area contributed by atoms with E-state index in [0.717, 1.165) is 38.8 Å². The second-order valence-electron chi connectivity index (χ2n) is 5.71. The monoisotopic (exact) mass is 263 g/mol. The van der Waals surface area contributed by atoms with E-state index in [1.54, 1.807) is 12.1 Å². The molecule has 0 saturated carbocycles. The van der Waals surface area contributed by atoms with Crippen molar-refractivity contribution in [1.29, 1.82) is 0 Å². The molecule has 0 aromatic heterocycles. The number of nitrogens with one attached hydrogen (secondary N) is 1. The van der Waals surface area contributed by atoms with Crippen molar-refractivity contribution in [3.05, 3.63) is 35.1 Å². The summed E-state index contributed by atoms with van der Waals surface area (Å²) in [6, 6.07) is 5.60. The smallest absolute Gasteiger partial charge is 0.123 e. The number of halogens is 1. The standard InChI is InChI=1S/C16H22FNO/c1-2-16-12(7-8-19-16)10-18-15-6-3-11-9-13(17)4-5-14(11)15/h4-5,9,12,15-16,18H,2-3,6-8,10H2,1H3. The quantitative estimate of drug-likeness (QED) is 0.900. The number of ether oxygens (including phenoxy) is 1. The van der Waals surface area contributed by atoms with Crippen molar-refractivity contribution >= 4 is 0 Å². The van der Waals surface area contributed by atoms with Crippen molar-refractivity contribution in [1.82, 2.24) is 5.32 Å². The Kier molecular flexibility index (Phi) is 3.85. The van der Waals surface area contributed by atoms with Crippen LogP contribution in [0.3, 0.4) is 0 Å². The first-order valence-electron chi connectivity index (χ1n) is 7.41. The number of benzene rings is 1. The molecule has 1 aromatic carbocycles. The van der Waals surface area contributed by atoms with Gasteiger partial charge in [-0.15, -0.1) is 0 Å². The highest BCUT2D eigenvalue weighted by molar-refractivity contribution is 5.34. The van der Waals surface area contributed by atoms with Crippen LogP contribution in [0.15, 0.2) is 18.2 Å². The summed E-state index contributed by atoms with van der Waals surface area (Å²) >= 11 is 0. The molecule has 1 saturated heterocycles. The van der Waals surface area contributed by atoms with Gasteiger partial charge in [0.25, 0.3) is 0 Å². The van der Waals surface area contributed by atoms with E-state index in [0.29, 0.717) is 18.1 Å². The Balaban J connectivity index is 1.61. The van der Waals surface area contributed by atoms with Crippen LogP contribution in [0.1, 0.15) is 43.4 Å². The largest absolute Gasteiger partial charge is 0.378 e. The first kappa shape index (κ1) is 13.1. The van der Waals surface area contributed by atoms with E-state index in [2.05, 4.69) is 12.2 Å². The molecule has 1 fully saturated rings. The average Bonchev–Trinajstić information content (AvgIpc) is 3.01. The summed E-state index contributed by atoms with van der Waals surface area (Å²) in [6.07, 6.45) is 4.75. The maximum Gasteiger partial charge on any atom is 0.123 e. The van der Waals surface area contributed by atoms with Crippen LogP contribution in [0.25, 0.3) is 0 Å². The zero-order valence-electron chi connectivity index (χ0n) is 11.5. The van der Waals surface area contributed by atoms with Gasteiger partial charge in [-0.05, 0) is 54.9 Å². The predicted octanol–water partition coefficient (Wildman–Crippen LogP) is 3.22. The molecule has 1 aromatic rings. The highest BCUT2D eigenvalue weighted by Gasteiger charge is 2.29. The van der Waals surface area contributed by atoms with E-state index in [4.69, 9.17) is 4.74 Å². The second kappa shape index (κ2) is 5.59. The number of fused-ring (bicyclic) bond motifs is 1. The number of aryl methyl sites for hydroxylation is 1. The molecular weight excluding hydrogens is 241 g/mol. The molecule has 0 spiro atoms. The SMILES string of the molecule is CCC1OCCC1CNC1CCc2cc(F)ccc21. The molecular formula is C16H22FNO. The average molecular weight is 263 g/mol. The lowest BCUT2D eigenvalue weighted by Crippen LogP contribution is -2.30. The minimum Gasteiger partial charge on any atom is -0.378 e. The lowest BCUT2D eigenvalue weighted by Gasteiger charge is -2.21. The van der Waals surface area contributed by atoms with E-state index in [1.165, 1.54) is 11.1 Å². The number of rotatable bonds is 4. The van der Waals surface area contributed by atoms with Gasteiger partial charge >= 0.3 is 0 Å². The summed E-state index contributed by atoms with van der Waals surface area (Å²) in [5.41, 5.74) is 2.46. The maximum atomic E-state index is 13.2. The molecule has 19 heavy (non-hydrogen) atoms. The van der Waals surface area contributed by atoms with Crippen LogP contribution in [0.2, 0.25) is 0 Å². The topological polar surface area (TPSA) is 21.3 Å². The van der Waals surface area contributed by atoms with Crippen molar-refractivity contribution in [3.8, 4) is 0 Å². The number of hydrogen-bond donors (Lipinski definition) is 1. The Morgan fingerprint density at radius 2 is 2.26 bits per heavy atom. The fourth-order valence-electron chi connectivity index (χ4n) is 3.47. The van der Waals surface area contributed by atoms with Crippen LogP contribution in [0, 0.1) is 11.7 Å². The van der Waals surface area contributed by atoms with Crippen molar-refractivity contribution in [2.75, 3.05) is 13.2 Å². The van der Waals surface area contributed by atoms with Gasteiger partial charge in [0.2, 0.25) is 0 Å². The molecule has 0 bridgehead atoms. The van der Waals surface area contributed by atoms with E-state index in [9.17, 15) is 4.39 Å². The Morgan fingerprint density at radius 3 is 3.11 bits per heavy atom. The molecule has 2 nitrogen and oxygen atoms in total. The highest BCUT2D eigenvalue weighted by atomic mass is 19.1. The van der Waals surface area contributed by atoms with Gasteiger partial charge in [-0.1, -0.05) is 13.0 Å². The van der Waals surface area contributed by atoms with Crippen molar-refractivity contribution in [2.24, 2.45) is 5.92 Å². The molecule has 1 aliphatic heterocycles. The zero-order chi connectivity index (χ0) is 13.2. The third kappa shape index (κ3) is 2.67. The van der Waals surface area contributed by atoms with Crippen LogP contribution < -0.4 is 5.32 Å². The summed E-state index contributed by atoms with van der Waals surface area (Å²) in [5, 5.41) is 3.66. The third-order valence-corrected chi connectivity index (χ3v) is 4.56. The maximum absolute atomic E-state index is 13.2. The third-order valence-electron chi connectivity index (χ3n) is 4.56. The van der Waals surface area contributed by atoms with Gasteiger partial charge in [0.15, 0.2) is 0 Å². The van der Waals surface area contributed by atoms with Crippen LogP contribution in [-0.4, -0.2) is 19.3 Å². The summed E-state index contributed by atoms with van der Waals surface area (Å²) in [5.74, 6) is 0.518. The van der Waals surface area contributed by atoms with E-state index < -0.39 is 0 Å². The lowest BCUT2D eigenvalue weighted by molar-refractivity contribution is 0.0866. The lowest BCUT2D eigenvalue weighted by atomic mass is 9.98. The fraction of sp³-hybridized carbons (Fsp3) is 0.625. The van der Waals surface area contributed by atoms with Crippen molar-refractivity contribution < 1.29 is 9.13 Å². The molecule has 3 heteroatoms. The van der Waals surface area contributed by atoms with E-state index in [-0.39, 0.29) is 5.82 Å². The molecule has 1 N–H and O–H groups in total. The normalized spacial score (nSPS) is 29.7. The van der Waals surface area contributed by atoms with Crippen LogP contribution in [-0.2, 0) is 11.2 Å². The van der Waals surface area contributed by atoms with Crippen molar-refractivity contribution in [3.63, 3.8) is 0 Å². The molecule has 3 atom stereocenters. The summed E-state index contributed by atoms with van der Waals surface area (Å²) in [7, 11) is 0. The Bertz CT molecular complexity index is 448. The Labute approximate surface area is 114 Å². The van der Waals surface area contributed by atoms with Crippen molar-refractivity contribution in [2.45, 2.75) is 44.8 Å². The second-order valence-corrected chi connectivity index (χ2v) is 5.71. The van der Waals surface area contributed by atoms with Gasteiger partial charge in [0.1, 0.15) is 5.82 Å². The summed E-state index contributed by atoms with van der Waals surface area (Å²) in [4.78, 5) is 0. The van der Waals surface area contributed by atoms with Gasteiger partial charge in [0, 0.05) is 19.2 Å². The molecule has 0 amide bonds. The molecule has 0 radical (unpaired) electrons. The van der Waals surface area contributed by atoms with Gasteiger partial charge in [0.05, 0.1) is 6.10 Å². The fourth-order valence-corrected chi connectivity index (χ4v) is 3.47. The zero-order valence-corrected chi connectivity index (χ0v) is 11.5. The molecule has 1 heterocycles. The molecule has 3 unspecified atom stereocenters. The molecule has 2 aliphatic rings. The predicted molar refractivity (Wildman–Crippen MR) is 73.6 cm³/mol. The van der Waals surface area contributed by atoms with Crippen LogP contribution >= 0.6 is 0 Å². The minimum absolute atomic E-state index is 0.116.